The summed E-state index contributed by atoms with van der Waals surface area (Å²) >= 11 is 0. The minimum absolute atomic E-state index is 0.119. The quantitative estimate of drug-likeness (QED) is 0.170. The van der Waals surface area contributed by atoms with Crippen LogP contribution in [0.5, 0.6) is 23.0 Å². The van der Waals surface area contributed by atoms with Crippen LogP contribution < -0.4 is 10.6 Å². The number of phenolic OH excluding ortho intramolecular Hbond substituents is 4. The average Bonchev–Trinajstić information content (AvgIpc) is 2.90. The van der Waals surface area contributed by atoms with E-state index < -0.39 is 52.7 Å². The van der Waals surface area contributed by atoms with E-state index >= 15 is 0 Å². The van der Waals surface area contributed by atoms with Gasteiger partial charge < -0.3 is 36.2 Å². The van der Waals surface area contributed by atoms with Gasteiger partial charge in [-0.15, -0.1) is 0 Å². The summed E-state index contributed by atoms with van der Waals surface area (Å²) < 4.78 is 0. The van der Waals surface area contributed by atoms with Gasteiger partial charge in [-0.3, -0.25) is 14.4 Å². The molecule has 4 aromatic carbocycles. The molecule has 39 heavy (non-hydrogen) atoms. The Hall–Kier alpha value is -5.09. The van der Waals surface area contributed by atoms with Gasteiger partial charge in [-0.25, -0.2) is 0 Å². The number of para-hydroxylation sites is 2. The first kappa shape index (κ1) is 27.0. The molecule has 0 aromatic heterocycles. The topological polar surface area (TPSA) is 176 Å². The van der Waals surface area contributed by atoms with E-state index in [1.165, 1.54) is 43.3 Å². The molecule has 2 atom stereocenters. The van der Waals surface area contributed by atoms with Crippen molar-refractivity contribution in [3.05, 3.63) is 89.5 Å². The number of hydrogen-bond acceptors (Lipinski definition) is 8. The lowest BCUT2D eigenvalue weighted by Crippen LogP contribution is -2.48. The van der Waals surface area contributed by atoms with Crippen molar-refractivity contribution in [3.63, 3.8) is 0 Å². The molecular formula is C29H26N2O8. The molecular weight excluding hydrogens is 504 g/mol. The van der Waals surface area contributed by atoms with Crippen LogP contribution >= 0.6 is 0 Å². The van der Waals surface area contributed by atoms with Crippen molar-refractivity contribution >= 4 is 34.1 Å². The third-order valence-electron chi connectivity index (χ3n) is 6.26. The van der Waals surface area contributed by atoms with Crippen molar-refractivity contribution in [3.8, 4) is 23.0 Å². The van der Waals surface area contributed by atoms with Crippen LogP contribution in [0, 0.1) is 0 Å². The van der Waals surface area contributed by atoms with Crippen LogP contribution in [0.1, 0.15) is 33.2 Å². The molecule has 0 saturated carbocycles. The lowest BCUT2D eigenvalue weighted by Gasteiger charge is -2.21. The lowest BCUT2D eigenvalue weighted by atomic mass is 9.95. The Bertz CT molecular complexity index is 1580. The summed E-state index contributed by atoms with van der Waals surface area (Å²) in [7, 11) is 0. The summed E-state index contributed by atoms with van der Waals surface area (Å²) in [5.74, 6) is -4.13. The van der Waals surface area contributed by atoms with Crippen LogP contribution in [-0.4, -0.2) is 55.3 Å². The van der Waals surface area contributed by atoms with Gasteiger partial charge in [0.15, 0.2) is 28.8 Å². The van der Waals surface area contributed by atoms with E-state index in [0.29, 0.717) is 22.0 Å². The summed E-state index contributed by atoms with van der Waals surface area (Å²) in [5, 5.41) is 56.0. The van der Waals surface area contributed by atoms with E-state index in [1.807, 2.05) is 0 Å². The maximum absolute atomic E-state index is 13.2. The van der Waals surface area contributed by atoms with Crippen LogP contribution in [0.3, 0.4) is 0 Å². The fourth-order valence-electron chi connectivity index (χ4n) is 4.24. The van der Waals surface area contributed by atoms with Crippen molar-refractivity contribution < 1.29 is 39.9 Å². The van der Waals surface area contributed by atoms with Crippen molar-refractivity contribution in [2.24, 2.45) is 0 Å². The first-order chi connectivity index (χ1) is 18.6. The minimum atomic E-state index is -1.31. The number of aromatic hydroxyl groups is 4. The zero-order valence-corrected chi connectivity index (χ0v) is 20.8. The molecule has 2 amide bonds. The van der Waals surface area contributed by atoms with Crippen molar-refractivity contribution in [2.75, 3.05) is 5.32 Å². The number of rotatable bonds is 8. The van der Waals surface area contributed by atoms with Gasteiger partial charge in [-0.05, 0) is 48.2 Å². The molecule has 0 unspecified atom stereocenters. The molecule has 0 spiro atoms. The highest BCUT2D eigenvalue weighted by Gasteiger charge is 2.28. The fourth-order valence-corrected chi connectivity index (χ4v) is 4.24. The normalized spacial score (nSPS) is 12.5. The van der Waals surface area contributed by atoms with Crippen molar-refractivity contribution in [1.82, 2.24) is 5.32 Å². The molecule has 0 aliphatic carbocycles. The molecule has 0 aliphatic heterocycles. The molecule has 0 heterocycles. The molecule has 7 N–H and O–H groups in total. The third kappa shape index (κ3) is 5.60. The Morgan fingerprint density at radius 1 is 0.718 bits per heavy atom. The van der Waals surface area contributed by atoms with Gasteiger partial charge in [0.1, 0.15) is 6.04 Å². The zero-order valence-electron chi connectivity index (χ0n) is 20.8. The first-order valence-electron chi connectivity index (χ1n) is 11.9. The number of anilines is 1. The summed E-state index contributed by atoms with van der Waals surface area (Å²) in [6.07, 6.45) is -1.44. The SMILES string of the molecule is C[C@@H](O)[C@H](NC(=O)c1cccc(O)c1O)C(=O)Cc1cccc2c(NC(=O)c3cccc(O)c3O)cccc12. The largest absolute Gasteiger partial charge is 0.504 e. The second kappa shape index (κ2) is 11.1. The van der Waals surface area contributed by atoms with Gasteiger partial charge in [0, 0.05) is 17.5 Å². The number of amides is 2. The van der Waals surface area contributed by atoms with Crippen molar-refractivity contribution in [1.29, 1.82) is 0 Å². The number of carbonyl (C=O) groups excluding carboxylic acids is 3. The highest BCUT2D eigenvalue weighted by Crippen LogP contribution is 2.31. The summed E-state index contributed by atoms with van der Waals surface area (Å²) in [4.78, 5) is 38.7. The van der Waals surface area contributed by atoms with Crippen LogP contribution in [-0.2, 0) is 11.2 Å². The Balaban J connectivity index is 1.58. The van der Waals surface area contributed by atoms with Crippen LogP contribution in [0.4, 0.5) is 5.69 Å². The second-order valence-electron chi connectivity index (χ2n) is 8.95. The first-order valence-corrected chi connectivity index (χ1v) is 11.9. The maximum atomic E-state index is 13.2. The minimum Gasteiger partial charge on any atom is -0.504 e. The average molecular weight is 531 g/mol. The Kier molecular flexibility index (Phi) is 7.68. The van der Waals surface area contributed by atoms with E-state index in [-0.39, 0.29) is 17.5 Å². The smallest absolute Gasteiger partial charge is 0.259 e. The predicted octanol–water partition coefficient (Wildman–Crippen LogP) is 3.21. The second-order valence-corrected chi connectivity index (χ2v) is 8.95. The molecule has 10 heteroatoms. The van der Waals surface area contributed by atoms with Crippen LogP contribution in [0.2, 0.25) is 0 Å². The Morgan fingerprint density at radius 2 is 1.26 bits per heavy atom. The standard InChI is InChI=1S/C29H26N2O8/c1-15(32)25(31-29(39)20-10-5-13-23(34)27(20)37)24(35)14-16-6-2-8-18-17(16)7-3-11-21(18)30-28(38)19-9-4-12-22(33)26(19)36/h2-13,15,25,32-34,36-37H,14H2,1H3,(H,30,38)(H,31,39)/t15-,25+/m1/s1. The van der Waals surface area contributed by atoms with Crippen LogP contribution in [0.15, 0.2) is 72.8 Å². The number of aliphatic hydroxyl groups excluding tert-OH is 1. The highest BCUT2D eigenvalue weighted by molar-refractivity contribution is 6.11. The Labute approximate surface area is 222 Å². The fraction of sp³-hybridized carbons (Fsp3) is 0.138. The molecule has 0 fully saturated rings. The molecule has 10 nitrogen and oxygen atoms in total. The maximum Gasteiger partial charge on any atom is 0.259 e. The number of benzene rings is 4. The third-order valence-corrected chi connectivity index (χ3v) is 6.26. The van der Waals surface area contributed by atoms with Gasteiger partial charge in [0.05, 0.1) is 17.2 Å². The summed E-state index contributed by atoms with van der Waals surface area (Å²) in [5.41, 5.74) is 0.589. The number of ketones is 1. The number of phenols is 4. The van der Waals surface area contributed by atoms with Gasteiger partial charge in [0.25, 0.3) is 11.8 Å². The molecule has 0 aliphatic rings. The number of fused-ring (bicyclic) bond motifs is 1. The highest BCUT2D eigenvalue weighted by atomic mass is 16.3. The molecule has 0 saturated heterocycles. The monoisotopic (exact) mass is 530 g/mol. The molecule has 200 valence electrons. The van der Waals surface area contributed by atoms with E-state index in [4.69, 9.17) is 0 Å². The zero-order chi connectivity index (χ0) is 28.3. The number of nitrogens with one attached hydrogen (secondary N) is 2. The van der Waals surface area contributed by atoms with Gasteiger partial charge in [-0.2, -0.15) is 0 Å². The van der Waals surface area contributed by atoms with Gasteiger partial charge in [0.2, 0.25) is 0 Å². The molecule has 0 bridgehead atoms. The van der Waals surface area contributed by atoms with E-state index in [0.717, 1.165) is 0 Å². The summed E-state index contributed by atoms with van der Waals surface area (Å²) in [6.45, 7) is 1.35. The molecule has 4 aromatic rings. The number of aliphatic hydroxyl groups is 1. The van der Waals surface area contributed by atoms with Crippen molar-refractivity contribution in [2.45, 2.75) is 25.5 Å². The van der Waals surface area contributed by atoms with E-state index in [2.05, 4.69) is 10.6 Å². The molecule has 4 rings (SSSR count). The lowest BCUT2D eigenvalue weighted by molar-refractivity contribution is -0.122. The van der Waals surface area contributed by atoms with E-state index in [9.17, 15) is 39.9 Å². The summed E-state index contributed by atoms with van der Waals surface area (Å²) in [6, 6.07) is 16.8. The molecule has 0 radical (unpaired) electrons. The predicted molar refractivity (Wildman–Crippen MR) is 143 cm³/mol. The number of carbonyl (C=O) groups is 3. The number of Topliss-reactive ketones (excluding diaryl/α,β-unsaturated/α-hetero) is 1. The van der Waals surface area contributed by atoms with E-state index in [1.54, 1.807) is 36.4 Å². The number of hydrogen-bond donors (Lipinski definition) is 7. The Morgan fingerprint density at radius 3 is 1.87 bits per heavy atom. The van der Waals surface area contributed by atoms with Gasteiger partial charge in [-0.1, -0.05) is 42.5 Å². The van der Waals surface area contributed by atoms with Gasteiger partial charge >= 0.3 is 0 Å². The van der Waals surface area contributed by atoms with Crippen LogP contribution in [0.25, 0.3) is 10.8 Å².